The number of hydrogen-bond acceptors (Lipinski definition) is 5. The molecule has 0 unspecified atom stereocenters. The van der Waals surface area contributed by atoms with Crippen molar-refractivity contribution < 1.29 is 13.7 Å². The zero-order valence-corrected chi connectivity index (χ0v) is 14.8. The molecule has 0 saturated heterocycles. The lowest BCUT2D eigenvalue weighted by Gasteiger charge is -2.18. The predicted octanol–water partition coefficient (Wildman–Crippen LogP) is 4.33. The number of aromatic nitrogens is 1. The minimum absolute atomic E-state index is 0.0950. The van der Waals surface area contributed by atoms with E-state index >= 15 is 0 Å². The number of nitrogens with zero attached hydrogens (tertiary/aromatic N) is 1. The molecule has 0 fully saturated rings. The van der Waals surface area contributed by atoms with Crippen LogP contribution in [0.3, 0.4) is 0 Å². The third-order valence-electron chi connectivity index (χ3n) is 4.40. The zero-order chi connectivity index (χ0) is 17.3. The summed E-state index contributed by atoms with van der Waals surface area (Å²) in [6.45, 7) is 8.20. The Morgan fingerprint density at radius 1 is 1.25 bits per heavy atom. The molecule has 1 aromatic carbocycles. The molecular formula is C19H24N2O3. The highest BCUT2D eigenvalue weighted by atomic mass is 16.5. The Kier molecular flexibility index (Phi) is 4.62. The first kappa shape index (κ1) is 16.6. The van der Waals surface area contributed by atoms with Gasteiger partial charge in [0.1, 0.15) is 11.5 Å². The van der Waals surface area contributed by atoms with E-state index in [-0.39, 0.29) is 12.1 Å². The summed E-state index contributed by atoms with van der Waals surface area (Å²) >= 11 is 0. The summed E-state index contributed by atoms with van der Waals surface area (Å²) in [6.07, 6.45) is 0.870. The van der Waals surface area contributed by atoms with Gasteiger partial charge in [0.05, 0.1) is 18.8 Å². The third-order valence-corrected chi connectivity index (χ3v) is 4.40. The minimum Gasteiger partial charge on any atom is -0.493 e. The highest BCUT2D eigenvalue weighted by molar-refractivity contribution is 5.83. The molecule has 1 N–H and O–H groups in total. The van der Waals surface area contributed by atoms with Gasteiger partial charge in [-0.15, -0.1) is 0 Å². The number of rotatable bonds is 6. The van der Waals surface area contributed by atoms with Crippen molar-refractivity contribution >= 4 is 11.0 Å². The average Bonchev–Trinajstić information content (AvgIpc) is 3.13. The zero-order valence-electron chi connectivity index (χ0n) is 14.8. The van der Waals surface area contributed by atoms with Crippen LogP contribution < -0.4 is 10.1 Å². The van der Waals surface area contributed by atoms with Gasteiger partial charge in [-0.05, 0) is 46.2 Å². The van der Waals surface area contributed by atoms with Crippen LogP contribution in [0.5, 0.6) is 5.75 Å². The Morgan fingerprint density at radius 3 is 2.71 bits per heavy atom. The summed E-state index contributed by atoms with van der Waals surface area (Å²) in [5.74, 6) is 2.55. The Morgan fingerprint density at radius 2 is 2.04 bits per heavy atom. The maximum Gasteiger partial charge on any atom is 0.176 e. The molecule has 24 heavy (non-hydrogen) atoms. The van der Waals surface area contributed by atoms with Gasteiger partial charge in [-0.3, -0.25) is 0 Å². The summed E-state index contributed by atoms with van der Waals surface area (Å²) in [5, 5.41) is 8.65. The molecule has 2 aromatic heterocycles. The van der Waals surface area contributed by atoms with E-state index in [4.69, 9.17) is 13.7 Å². The number of methoxy groups -OCH3 is 1. The molecule has 0 saturated carbocycles. The van der Waals surface area contributed by atoms with Gasteiger partial charge < -0.3 is 19.0 Å². The molecule has 0 aliphatic heterocycles. The van der Waals surface area contributed by atoms with Crippen molar-refractivity contribution in [1.29, 1.82) is 0 Å². The summed E-state index contributed by atoms with van der Waals surface area (Å²) in [5.41, 5.74) is 2.93. The van der Waals surface area contributed by atoms with Crippen LogP contribution in [0.15, 0.2) is 33.2 Å². The second kappa shape index (κ2) is 6.69. The first-order valence-corrected chi connectivity index (χ1v) is 8.23. The number of nitrogens with one attached hydrogen (secondary N) is 1. The molecule has 0 amide bonds. The molecule has 0 spiro atoms. The molecule has 0 bridgehead atoms. The van der Waals surface area contributed by atoms with Crippen LogP contribution >= 0.6 is 0 Å². The second-order valence-electron chi connectivity index (χ2n) is 6.32. The fourth-order valence-corrected chi connectivity index (χ4v) is 3.10. The van der Waals surface area contributed by atoms with E-state index in [2.05, 4.69) is 30.4 Å². The average molecular weight is 328 g/mol. The monoisotopic (exact) mass is 328 g/mol. The number of fused-ring (bicyclic) bond motifs is 1. The number of para-hydroxylation sites is 1. The normalized spacial score (nSPS) is 14.0. The molecule has 0 aliphatic carbocycles. The Hall–Kier alpha value is -2.27. The van der Waals surface area contributed by atoms with Crippen molar-refractivity contribution in [2.75, 3.05) is 7.11 Å². The SMILES string of the molecule is COc1cccc2cc([C@@H](C)N[C@@H](C)Cc3c(C)noc3C)oc12. The van der Waals surface area contributed by atoms with E-state index in [0.29, 0.717) is 0 Å². The Bertz CT molecular complexity index is 815. The van der Waals surface area contributed by atoms with Gasteiger partial charge in [-0.1, -0.05) is 17.3 Å². The van der Waals surface area contributed by atoms with Crippen LogP contribution in [0, 0.1) is 13.8 Å². The molecule has 5 heteroatoms. The summed E-state index contributed by atoms with van der Waals surface area (Å²) < 4.78 is 16.6. The summed E-state index contributed by atoms with van der Waals surface area (Å²) in [7, 11) is 1.66. The molecule has 0 aliphatic rings. The molecule has 0 radical (unpaired) electrons. The third kappa shape index (κ3) is 3.17. The Labute approximate surface area is 142 Å². The van der Waals surface area contributed by atoms with Crippen LogP contribution in [0.1, 0.15) is 42.7 Å². The van der Waals surface area contributed by atoms with Crippen molar-refractivity contribution in [1.82, 2.24) is 10.5 Å². The molecule has 128 valence electrons. The van der Waals surface area contributed by atoms with Crippen molar-refractivity contribution in [3.63, 3.8) is 0 Å². The maximum absolute atomic E-state index is 6.02. The summed E-state index contributed by atoms with van der Waals surface area (Å²) in [4.78, 5) is 0. The first-order valence-electron chi connectivity index (χ1n) is 8.23. The van der Waals surface area contributed by atoms with Gasteiger partial charge >= 0.3 is 0 Å². The molecule has 3 rings (SSSR count). The largest absolute Gasteiger partial charge is 0.493 e. The van der Waals surface area contributed by atoms with Crippen LogP contribution in [-0.4, -0.2) is 18.3 Å². The van der Waals surface area contributed by atoms with E-state index in [1.807, 2.05) is 32.0 Å². The van der Waals surface area contributed by atoms with Gasteiger partial charge in [0.25, 0.3) is 0 Å². The lowest BCUT2D eigenvalue weighted by molar-refractivity contribution is 0.384. The van der Waals surface area contributed by atoms with Gasteiger partial charge in [0, 0.05) is 17.0 Å². The smallest absolute Gasteiger partial charge is 0.176 e. The van der Waals surface area contributed by atoms with E-state index in [1.54, 1.807) is 7.11 Å². The molecular weight excluding hydrogens is 304 g/mol. The van der Waals surface area contributed by atoms with E-state index in [9.17, 15) is 0 Å². The highest BCUT2D eigenvalue weighted by Crippen LogP contribution is 2.31. The number of aryl methyl sites for hydroxylation is 2. The quantitative estimate of drug-likeness (QED) is 0.730. The van der Waals surface area contributed by atoms with Crippen LogP contribution in [0.4, 0.5) is 0 Å². The topological polar surface area (TPSA) is 60.4 Å². The maximum atomic E-state index is 6.02. The predicted molar refractivity (Wildman–Crippen MR) is 93.5 cm³/mol. The number of hydrogen-bond donors (Lipinski definition) is 1. The lowest BCUT2D eigenvalue weighted by Crippen LogP contribution is -2.30. The molecule has 2 atom stereocenters. The van der Waals surface area contributed by atoms with Crippen LogP contribution in [0.25, 0.3) is 11.0 Å². The Balaban J connectivity index is 1.73. The van der Waals surface area contributed by atoms with Gasteiger partial charge in [-0.25, -0.2) is 0 Å². The molecule has 3 aromatic rings. The van der Waals surface area contributed by atoms with Crippen molar-refractivity contribution in [3.8, 4) is 5.75 Å². The molecule has 2 heterocycles. The highest BCUT2D eigenvalue weighted by Gasteiger charge is 2.18. The fraction of sp³-hybridized carbons (Fsp3) is 0.421. The van der Waals surface area contributed by atoms with Gasteiger partial charge in [0.15, 0.2) is 11.3 Å². The number of benzene rings is 1. The lowest BCUT2D eigenvalue weighted by atomic mass is 10.0. The van der Waals surface area contributed by atoms with Gasteiger partial charge in [0.2, 0.25) is 0 Å². The minimum atomic E-state index is 0.0950. The van der Waals surface area contributed by atoms with Crippen molar-refractivity contribution in [2.24, 2.45) is 0 Å². The van der Waals surface area contributed by atoms with Gasteiger partial charge in [-0.2, -0.15) is 0 Å². The van der Waals surface area contributed by atoms with E-state index in [1.165, 1.54) is 5.56 Å². The standard InChI is InChI=1S/C19H24N2O3/c1-11(9-16-12(2)21-24-14(16)4)20-13(3)18-10-15-7-6-8-17(22-5)19(15)23-18/h6-8,10-11,13,20H,9H2,1-5H3/t11-,13+/m0/s1. The fourth-order valence-electron chi connectivity index (χ4n) is 3.10. The van der Waals surface area contributed by atoms with Crippen LogP contribution in [0.2, 0.25) is 0 Å². The number of furan rings is 1. The van der Waals surface area contributed by atoms with Crippen LogP contribution in [-0.2, 0) is 6.42 Å². The van der Waals surface area contributed by atoms with Crippen molar-refractivity contribution in [2.45, 2.75) is 46.2 Å². The van der Waals surface area contributed by atoms with E-state index in [0.717, 1.165) is 40.4 Å². The second-order valence-corrected chi connectivity index (χ2v) is 6.32. The molecule has 5 nitrogen and oxygen atoms in total. The first-order chi connectivity index (χ1) is 11.5. The number of ether oxygens (including phenoxy) is 1. The van der Waals surface area contributed by atoms with E-state index < -0.39 is 0 Å². The summed E-state index contributed by atoms with van der Waals surface area (Å²) in [6, 6.07) is 8.35. The van der Waals surface area contributed by atoms with Crippen molar-refractivity contribution in [3.05, 3.63) is 47.0 Å².